The molecule has 0 saturated carbocycles. The van der Waals surface area contributed by atoms with Gasteiger partial charge in [-0.25, -0.2) is 0 Å². The van der Waals surface area contributed by atoms with Gasteiger partial charge in [-0.15, -0.1) is 13.2 Å². The second-order valence-corrected chi connectivity index (χ2v) is 3.92. The van der Waals surface area contributed by atoms with Crippen LogP contribution in [0, 0.1) is 0 Å². The molecule has 0 aliphatic heterocycles. The Hall–Kier alpha value is -2.43. The fourth-order valence-corrected chi connectivity index (χ4v) is 1.57. The van der Waals surface area contributed by atoms with Crippen molar-refractivity contribution in [2.45, 2.75) is 6.54 Å². The minimum Gasteiger partial charge on any atom is -0.411 e. The number of aromatic nitrogens is 1. The maximum absolute atomic E-state index is 12.0. The molecule has 1 aromatic heterocycles. The lowest BCUT2D eigenvalue weighted by atomic mass is 10.3. The highest BCUT2D eigenvalue weighted by Gasteiger charge is 2.15. The molecule has 1 N–H and O–H groups in total. The first-order chi connectivity index (χ1) is 9.21. The van der Waals surface area contributed by atoms with E-state index >= 15 is 0 Å². The second-order valence-electron chi connectivity index (χ2n) is 3.92. The smallest absolute Gasteiger partial charge is 0.289 e. The Morgan fingerprint density at radius 3 is 2.37 bits per heavy atom. The van der Waals surface area contributed by atoms with Gasteiger partial charge in [0.15, 0.2) is 12.4 Å². The molecule has 0 saturated heterocycles. The van der Waals surface area contributed by atoms with Crippen molar-refractivity contribution in [3.63, 3.8) is 0 Å². The molecule has 0 radical (unpaired) electrons. The van der Waals surface area contributed by atoms with Crippen molar-refractivity contribution in [1.82, 2.24) is 4.90 Å². The van der Waals surface area contributed by atoms with E-state index in [4.69, 9.17) is 5.21 Å². The Balaban J connectivity index is 2.68. The fraction of sp³-hybridized carbons (Fsp3) is 0.214. The van der Waals surface area contributed by atoms with Crippen LogP contribution < -0.4 is 4.57 Å². The molecule has 5 heteroatoms. The molecular weight excluding hydrogens is 242 g/mol. The van der Waals surface area contributed by atoms with Gasteiger partial charge in [0.1, 0.15) is 0 Å². The van der Waals surface area contributed by atoms with Gasteiger partial charge in [0.05, 0.1) is 6.21 Å². The van der Waals surface area contributed by atoms with Crippen molar-refractivity contribution < 1.29 is 14.6 Å². The normalized spacial score (nSPS) is 10.3. The lowest BCUT2D eigenvalue weighted by molar-refractivity contribution is -0.685. The van der Waals surface area contributed by atoms with E-state index in [0.29, 0.717) is 13.1 Å². The zero-order chi connectivity index (χ0) is 14.1. The van der Waals surface area contributed by atoms with Gasteiger partial charge in [-0.05, 0) is 0 Å². The Morgan fingerprint density at radius 2 is 1.89 bits per heavy atom. The lowest BCUT2D eigenvalue weighted by Gasteiger charge is -2.17. The Labute approximate surface area is 112 Å². The van der Waals surface area contributed by atoms with Gasteiger partial charge in [0, 0.05) is 30.8 Å². The van der Waals surface area contributed by atoms with E-state index in [1.54, 1.807) is 46.1 Å². The molecule has 1 heterocycles. The summed E-state index contributed by atoms with van der Waals surface area (Å²) in [7, 11) is 0. The molecule has 1 aromatic rings. The van der Waals surface area contributed by atoms with Crippen LogP contribution in [-0.4, -0.2) is 35.3 Å². The number of hydrogen-bond donors (Lipinski definition) is 1. The van der Waals surface area contributed by atoms with Crippen molar-refractivity contribution in [2.24, 2.45) is 5.16 Å². The van der Waals surface area contributed by atoms with Crippen LogP contribution in [0.1, 0.15) is 5.56 Å². The maximum Gasteiger partial charge on any atom is 0.289 e. The zero-order valence-corrected chi connectivity index (χ0v) is 10.8. The van der Waals surface area contributed by atoms with Gasteiger partial charge in [-0.2, -0.15) is 4.57 Å². The predicted molar refractivity (Wildman–Crippen MR) is 73.0 cm³/mol. The molecule has 0 fully saturated rings. The fourth-order valence-electron chi connectivity index (χ4n) is 1.57. The molecular formula is C14H18N3O2+. The van der Waals surface area contributed by atoms with Crippen molar-refractivity contribution in [3.05, 3.63) is 55.4 Å². The lowest BCUT2D eigenvalue weighted by Crippen LogP contribution is -2.44. The monoisotopic (exact) mass is 260 g/mol. The van der Waals surface area contributed by atoms with Crippen LogP contribution in [0.25, 0.3) is 0 Å². The van der Waals surface area contributed by atoms with Gasteiger partial charge in [0.25, 0.3) is 5.91 Å². The number of nitrogens with zero attached hydrogens (tertiary/aromatic N) is 3. The molecule has 1 amide bonds. The summed E-state index contributed by atoms with van der Waals surface area (Å²) in [5, 5.41) is 11.4. The number of hydrogen-bond acceptors (Lipinski definition) is 3. The number of carbonyl (C=O) groups excluding carboxylic acids is 1. The van der Waals surface area contributed by atoms with Crippen LogP contribution in [0.2, 0.25) is 0 Å². The third-order valence-corrected chi connectivity index (χ3v) is 2.49. The molecule has 0 aliphatic carbocycles. The number of pyridine rings is 1. The quantitative estimate of drug-likeness (QED) is 0.261. The summed E-state index contributed by atoms with van der Waals surface area (Å²) < 4.78 is 1.76. The summed E-state index contributed by atoms with van der Waals surface area (Å²) in [4.78, 5) is 13.7. The first kappa shape index (κ1) is 14.6. The number of oxime groups is 1. The van der Waals surface area contributed by atoms with Crippen LogP contribution >= 0.6 is 0 Å². The Morgan fingerprint density at radius 1 is 1.32 bits per heavy atom. The summed E-state index contributed by atoms with van der Waals surface area (Å²) in [6, 6.07) is 3.52. The van der Waals surface area contributed by atoms with Crippen LogP contribution in [0.3, 0.4) is 0 Å². The summed E-state index contributed by atoms with van der Waals surface area (Å²) in [6.07, 6.45) is 8.22. The second kappa shape index (κ2) is 7.81. The zero-order valence-electron chi connectivity index (χ0n) is 10.8. The molecule has 0 aliphatic rings. The molecule has 0 spiro atoms. The first-order valence-electron chi connectivity index (χ1n) is 5.87. The largest absolute Gasteiger partial charge is 0.411 e. The van der Waals surface area contributed by atoms with Crippen LogP contribution in [0.15, 0.2) is 55.0 Å². The Kier molecular flexibility index (Phi) is 6.02. The highest BCUT2D eigenvalue weighted by Crippen LogP contribution is 1.94. The number of amides is 1. The van der Waals surface area contributed by atoms with Gasteiger partial charge in [-0.1, -0.05) is 17.3 Å². The third kappa shape index (κ3) is 4.75. The molecule has 0 aromatic carbocycles. The van der Waals surface area contributed by atoms with Gasteiger partial charge in [-0.3, -0.25) is 4.79 Å². The highest BCUT2D eigenvalue weighted by molar-refractivity contribution is 5.78. The van der Waals surface area contributed by atoms with Crippen molar-refractivity contribution >= 4 is 12.1 Å². The summed E-state index contributed by atoms with van der Waals surface area (Å²) in [5.74, 6) is -0.00613. The first-order valence-corrected chi connectivity index (χ1v) is 5.87. The number of carbonyl (C=O) groups is 1. The van der Waals surface area contributed by atoms with Gasteiger partial charge < -0.3 is 10.1 Å². The standard InChI is InChI=1S/C14H17N3O2/c1-3-7-17(8-4-2)14(18)12-16-9-5-13(6-10-16)11-15-19/h3-6,9-11H,1-2,7-8,12H2/p+1. The molecule has 1 rings (SSSR count). The van der Waals surface area contributed by atoms with E-state index in [9.17, 15) is 4.79 Å². The third-order valence-electron chi connectivity index (χ3n) is 2.49. The molecule has 100 valence electrons. The maximum atomic E-state index is 12.0. The Bertz CT molecular complexity index is 456. The average molecular weight is 260 g/mol. The van der Waals surface area contributed by atoms with E-state index in [1.165, 1.54) is 6.21 Å². The topological polar surface area (TPSA) is 56.8 Å². The predicted octanol–water partition coefficient (Wildman–Crippen LogP) is 0.983. The van der Waals surface area contributed by atoms with E-state index < -0.39 is 0 Å². The molecule has 19 heavy (non-hydrogen) atoms. The summed E-state index contributed by atoms with van der Waals surface area (Å²) in [6.45, 7) is 8.51. The van der Waals surface area contributed by atoms with Gasteiger partial charge >= 0.3 is 0 Å². The highest BCUT2D eigenvalue weighted by atomic mass is 16.4. The van der Waals surface area contributed by atoms with Crippen LogP contribution in [-0.2, 0) is 11.3 Å². The van der Waals surface area contributed by atoms with E-state index in [1.807, 2.05) is 0 Å². The van der Waals surface area contributed by atoms with Crippen LogP contribution in [0.4, 0.5) is 0 Å². The van der Waals surface area contributed by atoms with Crippen molar-refractivity contribution in [3.8, 4) is 0 Å². The number of rotatable bonds is 7. The summed E-state index contributed by atoms with van der Waals surface area (Å²) in [5.41, 5.74) is 0.764. The minimum absolute atomic E-state index is 0.00613. The molecule has 5 nitrogen and oxygen atoms in total. The molecule has 0 bridgehead atoms. The summed E-state index contributed by atoms with van der Waals surface area (Å²) >= 11 is 0. The van der Waals surface area contributed by atoms with Crippen molar-refractivity contribution in [1.29, 1.82) is 0 Å². The SMILES string of the molecule is C=CCN(CC=C)C(=O)C[n+]1ccc(/C=N/O)cc1. The average Bonchev–Trinajstić information content (AvgIpc) is 2.41. The van der Waals surface area contributed by atoms with Crippen LogP contribution in [0.5, 0.6) is 0 Å². The van der Waals surface area contributed by atoms with Crippen molar-refractivity contribution in [2.75, 3.05) is 13.1 Å². The van der Waals surface area contributed by atoms with E-state index in [0.717, 1.165) is 5.56 Å². The minimum atomic E-state index is -0.00613. The molecule has 0 unspecified atom stereocenters. The van der Waals surface area contributed by atoms with E-state index in [2.05, 4.69) is 18.3 Å². The molecule has 0 atom stereocenters. The van der Waals surface area contributed by atoms with E-state index in [-0.39, 0.29) is 12.5 Å². The van der Waals surface area contributed by atoms with Gasteiger partial charge in [0.2, 0.25) is 6.54 Å².